The Labute approximate surface area is 152 Å². The number of hydrogen-bond donors (Lipinski definition) is 0. The monoisotopic (exact) mass is 407 g/mol. The van der Waals surface area contributed by atoms with Crippen molar-refractivity contribution in [1.29, 1.82) is 0 Å². The standard InChI is InChI=1S/C16H17F4N3O3S/c1-3-27(25,26)12-5-4-7-21-14(12)11-9-13(24)23(10-22-11)8-6-16(19,20)15(2,17)18/h4-5,7,9-10H,3,6,8H2,1-2H3. The van der Waals surface area contributed by atoms with Crippen molar-refractivity contribution in [2.75, 3.05) is 5.75 Å². The van der Waals surface area contributed by atoms with Crippen LogP contribution < -0.4 is 5.56 Å². The van der Waals surface area contributed by atoms with E-state index in [9.17, 15) is 30.8 Å². The Morgan fingerprint density at radius 1 is 1.19 bits per heavy atom. The number of halogens is 4. The molecule has 2 aromatic rings. The van der Waals surface area contributed by atoms with Gasteiger partial charge in [-0.15, -0.1) is 0 Å². The minimum Gasteiger partial charge on any atom is -0.299 e. The lowest BCUT2D eigenvalue weighted by Gasteiger charge is -2.23. The van der Waals surface area contributed by atoms with Crippen molar-refractivity contribution in [3.63, 3.8) is 0 Å². The number of alkyl halides is 4. The van der Waals surface area contributed by atoms with Crippen LogP contribution in [0.2, 0.25) is 0 Å². The summed E-state index contributed by atoms with van der Waals surface area (Å²) >= 11 is 0. The van der Waals surface area contributed by atoms with E-state index in [2.05, 4.69) is 9.97 Å². The summed E-state index contributed by atoms with van der Waals surface area (Å²) in [6, 6.07) is 3.66. The zero-order valence-corrected chi connectivity index (χ0v) is 15.3. The Morgan fingerprint density at radius 3 is 2.41 bits per heavy atom. The van der Waals surface area contributed by atoms with Crippen molar-refractivity contribution < 1.29 is 26.0 Å². The highest BCUT2D eigenvalue weighted by Crippen LogP contribution is 2.36. The third-order valence-corrected chi connectivity index (χ3v) is 5.68. The van der Waals surface area contributed by atoms with Crippen LogP contribution in [0.5, 0.6) is 0 Å². The van der Waals surface area contributed by atoms with Crippen molar-refractivity contribution >= 4 is 9.84 Å². The first-order valence-corrected chi connectivity index (χ1v) is 9.54. The van der Waals surface area contributed by atoms with E-state index in [1.54, 1.807) is 0 Å². The molecule has 148 valence electrons. The Hall–Kier alpha value is -2.30. The summed E-state index contributed by atoms with van der Waals surface area (Å²) in [6.45, 7) is 0.875. The van der Waals surface area contributed by atoms with Gasteiger partial charge in [0.05, 0.1) is 22.7 Å². The maximum atomic E-state index is 13.4. The van der Waals surface area contributed by atoms with Gasteiger partial charge in [0, 0.05) is 32.2 Å². The summed E-state index contributed by atoms with van der Waals surface area (Å²) in [6.07, 6.45) is 0.968. The minimum atomic E-state index is -4.28. The third-order valence-electron chi connectivity index (χ3n) is 3.92. The Balaban J connectivity index is 2.36. The molecule has 0 aliphatic heterocycles. The van der Waals surface area contributed by atoms with E-state index in [0.29, 0.717) is 0 Å². The quantitative estimate of drug-likeness (QED) is 0.660. The summed E-state index contributed by atoms with van der Waals surface area (Å²) in [5.74, 6) is -8.70. The van der Waals surface area contributed by atoms with Gasteiger partial charge in [-0.25, -0.2) is 22.2 Å². The molecule has 6 nitrogen and oxygen atoms in total. The van der Waals surface area contributed by atoms with Gasteiger partial charge in [-0.05, 0) is 12.1 Å². The number of pyridine rings is 1. The molecular weight excluding hydrogens is 390 g/mol. The highest BCUT2D eigenvalue weighted by atomic mass is 32.2. The first-order chi connectivity index (χ1) is 12.4. The molecule has 0 fully saturated rings. The molecule has 0 aliphatic carbocycles. The SMILES string of the molecule is CCS(=O)(=O)c1cccnc1-c1cc(=O)n(CCC(F)(F)C(C)(F)F)cn1. The van der Waals surface area contributed by atoms with Crippen molar-refractivity contribution in [3.8, 4) is 11.4 Å². The molecule has 2 rings (SSSR count). The van der Waals surface area contributed by atoms with E-state index < -0.39 is 40.2 Å². The number of sulfone groups is 1. The van der Waals surface area contributed by atoms with Gasteiger partial charge in [-0.2, -0.15) is 8.78 Å². The summed E-state index contributed by atoms with van der Waals surface area (Å²) in [7, 11) is -3.64. The number of aromatic nitrogens is 3. The van der Waals surface area contributed by atoms with Gasteiger partial charge in [0.2, 0.25) is 0 Å². The molecule has 0 amide bonds. The van der Waals surface area contributed by atoms with E-state index in [-0.39, 0.29) is 29.0 Å². The van der Waals surface area contributed by atoms with Crippen molar-refractivity contribution in [3.05, 3.63) is 41.1 Å². The van der Waals surface area contributed by atoms with Gasteiger partial charge in [0.1, 0.15) is 5.69 Å². The maximum absolute atomic E-state index is 13.4. The maximum Gasteiger partial charge on any atom is 0.311 e. The van der Waals surface area contributed by atoms with Gasteiger partial charge in [0.25, 0.3) is 5.56 Å². The molecule has 11 heteroatoms. The van der Waals surface area contributed by atoms with Gasteiger partial charge < -0.3 is 0 Å². The predicted octanol–water partition coefficient (Wildman–Crippen LogP) is 2.78. The van der Waals surface area contributed by atoms with Gasteiger partial charge >= 0.3 is 11.8 Å². The zero-order chi connectivity index (χ0) is 20.5. The molecule has 0 unspecified atom stereocenters. The molecular formula is C16H17F4N3O3S. The first-order valence-electron chi connectivity index (χ1n) is 7.89. The zero-order valence-electron chi connectivity index (χ0n) is 14.5. The third kappa shape index (κ3) is 4.52. The number of hydrogen-bond acceptors (Lipinski definition) is 5. The van der Waals surface area contributed by atoms with Crippen LogP contribution in [0.3, 0.4) is 0 Å². The van der Waals surface area contributed by atoms with E-state index in [4.69, 9.17) is 0 Å². The molecule has 2 aromatic heterocycles. The number of aryl methyl sites for hydroxylation is 1. The molecule has 0 spiro atoms. The van der Waals surface area contributed by atoms with Crippen LogP contribution in [0.4, 0.5) is 17.6 Å². The largest absolute Gasteiger partial charge is 0.311 e. The fourth-order valence-electron chi connectivity index (χ4n) is 2.19. The Bertz CT molecular complexity index is 985. The smallest absolute Gasteiger partial charge is 0.299 e. The Kier molecular flexibility index (Phi) is 5.74. The average Bonchev–Trinajstić information content (AvgIpc) is 2.59. The predicted molar refractivity (Wildman–Crippen MR) is 89.6 cm³/mol. The van der Waals surface area contributed by atoms with Crippen LogP contribution in [0, 0.1) is 0 Å². The second-order valence-electron chi connectivity index (χ2n) is 5.90. The Morgan fingerprint density at radius 2 is 1.85 bits per heavy atom. The van der Waals surface area contributed by atoms with Gasteiger partial charge in [-0.3, -0.25) is 14.3 Å². The van der Waals surface area contributed by atoms with Crippen LogP contribution in [0.1, 0.15) is 20.3 Å². The molecule has 27 heavy (non-hydrogen) atoms. The van der Waals surface area contributed by atoms with Crippen LogP contribution in [0.15, 0.2) is 40.4 Å². The van der Waals surface area contributed by atoms with Crippen LogP contribution in [-0.4, -0.2) is 40.6 Å². The van der Waals surface area contributed by atoms with Crippen LogP contribution in [0.25, 0.3) is 11.4 Å². The van der Waals surface area contributed by atoms with E-state index in [1.165, 1.54) is 25.3 Å². The number of nitrogens with zero attached hydrogens (tertiary/aromatic N) is 3. The van der Waals surface area contributed by atoms with E-state index in [0.717, 1.165) is 17.0 Å². The molecule has 0 aliphatic rings. The fraction of sp³-hybridized carbons (Fsp3) is 0.438. The van der Waals surface area contributed by atoms with E-state index >= 15 is 0 Å². The average molecular weight is 407 g/mol. The highest BCUT2D eigenvalue weighted by molar-refractivity contribution is 7.91. The normalized spacial score (nSPS) is 13.0. The van der Waals surface area contributed by atoms with Crippen molar-refractivity contribution in [2.24, 2.45) is 0 Å². The molecule has 0 saturated carbocycles. The lowest BCUT2D eigenvalue weighted by Crippen LogP contribution is -2.39. The van der Waals surface area contributed by atoms with E-state index in [1.807, 2.05) is 0 Å². The van der Waals surface area contributed by atoms with Crippen LogP contribution in [-0.2, 0) is 16.4 Å². The van der Waals surface area contributed by atoms with Crippen LogP contribution >= 0.6 is 0 Å². The van der Waals surface area contributed by atoms with Crippen molar-refractivity contribution in [1.82, 2.24) is 14.5 Å². The number of rotatable bonds is 7. The van der Waals surface area contributed by atoms with Gasteiger partial charge in [-0.1, -0.05) is 6.92 Å². The first kappa shape index (κ1) is 21.0. The van der Waals surface area contributed by atoms with Gasteiger partial charge in [0.15, 0.2) is 9.84 Å². The molecule has 0 atom stereocenters. The summed E-state index contributed by atoms with van der Waals surface area (Å²) in [4.78, 5) is 19.8. The summed E-state index contributed by atoms with van der Waals surface area (Å²) in [5, 5.41) is 0. The molecule has 0 N–H and O–H groups in total. The topological polar surface area (TPSA) is 81.9 Å². The molecule has 2 heterocycles. The summed E-state index contributed by atoms with van der Waals surface area (Å²) < 4.78 is 77.5. The fourth-order valence-corrected chi connectivity index (χ4v) is 3.24. The molecule has 0 aromatic carbocycles. The molecule has 0 saturated heterocycles. The lowest BCUT2D eigenvalue weighted by molar-refractivity contribution is -0.202. The van der Waals surface area contributed by atoms with Crippen molar-refractivity contribution in [2.45, 2.75) is 43.6 Å². The molecule has 0 radical (unpaired) electrons. The summed E-state index contributed by atoms with van der Waals surface area (Å²) in [5.41, 5.74) is -0.897. The highest BCUT2D eigenvalue weighted by Gasteiger charge is 2.51. The lowest BCUT2D eigenvalue weighted by atomic mass is 10.1. The molecule has 0 bridgehead atoms. The second kappa shape index (κ2) is 7.37. The minimum absolute atomic E-state index is 0.0472. The second-order valence-corrected chi connectivity index (χ2v) is 8.15.